The first-order chi connectivity index (χ1) is 12.6. The zero-order valence-corrected chi connectivity index (χ0v) is 15.1. The van der Waals surface area contributed by atoms with Crippen molar-refractivity contribution >= 4 is 11.8 Å². The van der Waals surface area contributed by atoms with E-state index in [1.54, 1.807) is 23.0 Å². The molecule has 8 heteroatoms. The number of piperazine rings is 1. The summed E-state index contributed by atoms with van der Waals surface area (Å²) in [6.45, 7) is 4.09. The Kier molecular flexibility index (Phi) is 5.50. The Morgan fingerprint density at radius 1 is 1.19 bits per heavy atom. The minimum atomic E-state index is -0.0305. The Balaban J connectivity index is 1.52. The molecule has 1 N–H and O–H groups in total. The van der Waals surface area contributed by atoms with E-state index >= 15 is 0 Å². The number of methoxy groups -OCH3 is 1. The second-order valence-electron chi connectivity index (χ2n) is 6.29. The summed E-state index contributed by atoms with van der Waals surface area (Å²) in [5.41, 5.74) is 1.60. The Hall–Kier alpha value is -2.90. The van der Waals surface area contributed by atoms with Crippen LogP contribution in [0, 0.1) is 6.92 Å². The number of carbonyl (C=O) groups excluding carboxylic acids is 2. The van der Waals surface area contributed by atoms with Gasteiger partial charge in [-0.3, -0.25) is 14.7 Å². The molecule has 26 heavy (non-hydrogen) atoms. The predicted octanol–water partition coefficient (Wildman–Crippen LogP) is 1.04. The summed E-state index contributed by atoms with van der Waals surface area (Å²) in [5, 5.41) is 6.53. The molecule has 0 saturated carbocycles. The lowest BCUT2D eigenvalue weighted by Gasteiger charge is -2.35. The third-order valence-electron chi connectivity index (χ3n) is 4.62. The van der Waals surface area contributed by atoms with Gasteiger partial charge in [-0.25, -0.2) is 4.98 Å². The third kappa shape index (κ3) is 4.01. The molecule has 0 unspecified atom stereocenters. The highest BCUT2D eigenvalue weighted by atomic mass is 16.5. The molecule has 8 nitrogen and oxygen atoms in total. The second kappa shape index (κ2) is 7.99. The molecule has 0 bridgehead atoms. The number of aromatic amines is 1. The van der Waals surface area contributed by atoms with E-state index in [1.165, 1.54) is 6.33 Å². The number of ether oxygens (including phenoxy) is 1. The normalized spacial score (nSPS) is 14.4. The van der Waals surface area contributed by atoms with Crippen molar-refractivity contribution < 1.29 is 14.3 Å². The van der Waals surface area contributed by atoms with Crippen molar-refractivity contribution in [1.29, 1.82) is 0 Å². The predicted molar refractivity (Wildman–Crippen MR) is 94.9 cm³/mol. The summed E-state index contributed by atoms with van der Waals surface area (Å²) < 4.78 is 5.29. The molecule has 1 aromatic heterocycles. The molecule has 1 saturated heterocycles. The molecule has 138 valence electrons. The van der Waals surface area contributed by atoms with Gasteiger partial charge in [-0.1, -0.05) is 6.07 Å². The van der Waals surface area contributed by atoms with Gasteiger partial charge in [-0.05, 0) is 24.6 Å². The lowest BCUT2D eigenvalue weighted by atomic mass is 10.1. The summed E-state index contributed by atoms with van der Waals surface area (Å²) >= 11 is 0. The number of hydrogen-bond donors (Lipinski definition) is 1. The zero-order chi connectivity index (χ0) is 18.5. The fraction of sp³-hybridized carbons (Fsp3) is 0.444. The lowest BCUT2D eigenvalue weighted by molar-refractivity contribution is -0.132. The maximum Gasteiger partial charge on any atom is 0.254 e. The number of carbonyl (C=O) groups is 2. The van der Waals surface area contributed by atoms with Crippen molar-refractivity contribution in [3.8, 4) is 5.75 Å². The van der Waals surface area contributed by atoms with Gasteiger partial charge in [0.1, 0.15) is 17.9 Å². The number of nitrogens with one attached hydrogen (secondary N) is 1. The van der Waals surface area contributed by atoms with E-state index in [0.717, 1.165) is 5.56 Å². The highest BCUT2D eigenvalue weighted by molar-refractivity contribution is 5.95. The monoisotopic (exact) mass is 357 g/mol. The number of hydrogen-bond acceptors (Lipinski definition) is 5. The minimum Gasteiger partial charge on any atom is -0.496 e. The van der Waals surface area contributed by atoms with E-state index in [-0.39, 0.29) is 11.8 Å². The van der Waals surface area contributed by atoms with Crippen molar-refractivity contribution in [3.63, 3.8) is 0 Å². The van der Waals surface area contributed by atoms with Crippen molar-refractivity contribution in [2.45, 2.75) is 19.8 Å². The fourth-order valence-corrected chi connectivity index (χ4v) is 3.03. The maximum atomic E-state index is 12.7. The van der Waals surface area contributed by atoms with Gasteiger partial charge in [0, 0.05) is 44.6 Å². The number of nitrogens with zero attached hydrogens (tertiary/aromatic N) is 4. The van der Waals surface area contributed by atoms with Gasteiger partial charge in [0.25, 0.3) is 5.91 Å². The molecule has 3 rings (SSSR count). The second-order valence-corrected chi connectivity index (χ2v) is 6.29. The first-order valence-corrected chi connectivity index (χ1v) is 8.64. The lowest BCUT2D eigenvalue weighted by Crippen LogP contribution is -2.50. The van der Waals surface area contributed by atoms with E-state index in [0.29, 0.717) is 56.2 Å². The molecule has 1 fully saturated rings. The first-order valence-electron chi connectivity index (χ1n) is 8.64. The van der Waals surface area contributed by atoms with Crippen LogP contribution in [-0.2, 0) is 11.2 Å². The van der Waals surface area contributed by atoms with Crippen LogP contribution in [0.4, 0.5) is 0 Å². The number of aryl methyl sites for hydroxylation is 2. The van der Waals surface area contributed by atoms with Crippen LogP contribution >= 0.6 is 0 Å². The number of aromatic nitrogens is 3. The molecular weight excluding hydrogens is 334 g/mol. The quantitative estimate of drug-likeness (QED) is 0.863. The summed E-state index contributed by atoms with van der Waals surface area (Å²) in [5.74, 6) is 1.46. The average molecular weight is 357 g/mol. The number of rotatable bonds is 5. The van der Waals surface area contributed by atoms with Crippen LogP contribution in [0.5, 0.6) is 5.75 Å². The molecule has 2 heterocycles. The van der Waals surface area contributed by atoms with Gasteiger partial charge in [0.2, 0.25) is 5.91 Å². The SMILES string of the molecule is COc1cc(C(=O)N2CCN(C(=O)CCc3ncn[nH]3)CC2)ccc1C. The minimum absolute atomic E-state index is 0.0305. The van der Waals surface area contributed by atoms with Gasteiger partial charge in [0.15, 0.2) is 0 Å². The van der Waals surface area contributed by atoms with E-state index in [1.807, 2.05) is 19.1 Å². The standard InChI is InChI=1S/C18H23N5O3/c1-13-3-4-14(11-15(13)26-2)18(25)23-9-7-22(8-10-23)17(24)6-5-16-19-12-20-21-16/h3-4,11-12H,5-10H2,1-2H3,(H,19,20,21). The molecule has 1 aromatic carbocycles. The average Bonchev–Trinajstić information content (AvgIpc) is 3.19. The van der Waals surface area contributed by atoms with Gasteiger partial charge in [-0.15, -0.1) is 0 Å². The van der Waals surface area contributed by atoms with Crippen LogP contribution in [-0.4, -0.2) is 70.1 Å². The van der Waals surface area contributed by atoms with Crippen LogP contribution in [0.15, 0.2) is 24.5 Å². The third-order valence-corrected chi connectivity index (χ3v) is 4.62. The smallest absolute Gasteiger partial charge is 0.254 e. The molecule has 1 aliphatic rings. The Bertz CT molecular complexity index is 767. The van der Waals surface area contributed by atoms with Crippen LogP contribution in [0.1, 0.15) is 28.2 Å². The molecule has 0 aliphatic carbocycles. The van der Waals surface area contributed by atoms with Crippen LogP contribution in [0.25, 0.3) is 0 Å². The van der Waals surface area contributed by atoms with Gasteiger partial charge < -0.3 is 14.5 Å². The van der Waals surface area contributed by atoms with Crippen molar-refractivity contribution in [1.82, 2.24) is 25.0 Å². The number of amides is 2. The van der Waals surface area contributed by atoms with Crippen LogP contribution < -0.4 is 4.74 Å². The van der Waals surface area contributed by atoms with Gasteiger partial charge in [0.05, 0.1) is 7.11 Å². The Morgan fingerprint density at radius 3 is 2.58 bits per heavy atom. The van der Waals surface area contributed by atoms with Crippen LogP contribution in [0.3, 0.4) is 0 Å². The Morgan fingerprint density at radius 2 is 1.92 bits per heavy atom. The number of H-pyrrole nitrogens is 1. The van der Waals surface area contributed by atoms with Crippen molar-refractivity contribution in [2.24, 2.45) is 0 Å². The largest absolute Gasteiger partial charge is 0.496 e. The molecule has 2 aromatic rings. The zero-order valence-electron chi connectivity index (χ0n) is 15.1. The highest BCUT2D eigenvalue weighted by Crippen LogP contribution is 2.20. The van der Waals surface area contributed by atoms with E-state index in [4.69, 9.17) is 4.74 Å². The summed E-state index contributed by atoms with van der Waals surface area (Å²) in [6.07, 6.45) is 2.36. The van der Waals surface area contributed by atoms with Gasteiger partial charge >= 0.3 is 0 Å². The fourth-order valence-electron chi connectivity index (χ4n) is 3.03. The van der Waals surface area contributed by atoms with E-state index < -0.39 is 0 Å². The number of benzene rings is 1. The summed E-state index contributed by atoms with van der Waals surface area (Å²) in [4.78, 5) is 32.6. The maximum absolute atomic E-state index is 12.7. The van der Waals surface area contributed by atoms with Gasteiger partial charge in [-0.2, -0.15) is 5.10 Å². The molecule has 0 atom stereocenters. The van der Waals surface area contributed by atoms with E-state index in [2.05, 4.69) is 15.2 Å². The van der Waals surface area contributed by atoms with Crippen molar-refractivity contribution in [2.75, 3.05) is 33.3 Å². The van der Waals surface area contributed by atoms with Crippen molar-refractivity contribution in [3.05, 3.63) is 41.5 Å². The molecule has 0 spiro atoms. The van der Waals surface area contributed by atoms with E-state index in [9.17, 15) is 9.59 Å². The highest BCUT2D eigenvalue weighted by Gasteiger charge is 2.25. The first kappa shape index (κ1) is 17.9. The Labute approximate surface area is 152 Å². The molecular formula is C18H23N5O3. The molecule has 2 amide bonds. The summed E-state index contributed by atoms with van der Waals surface area (Å²) in [6, 6.07) is 5.47. The molecule has 0 radical (unpaired) electrons. The molecule has 1 aliphatic heterocycles. The topological polar surface area (TPSA) is 91.4 Å². The van der Waals surface area contributed by atoms with Crippen LogP contribution in [0.2, 0.25) is 0 Å². The summed E-state index contributed by atoms with van der Waals surface area (Å²) in [7, 11) is 1.60.